The second-order valence-electron chi connectivity index (χ2n) is 13.1. The van der Waals surface area contributed by atoms with Crippen LogP contribution < -0.4 is 0 Å². The largest absolute Gasteiger partial charge is 0.508 e. The number of ether oxygens (including phenoxy) is 1. The third-order valence-corrected chi connectivity index (χ3v) is 9.79. The van der Waals surface area contributed by atoms with Gasteiger partial charge >= 0.3 is 5.97 Å². The molecule has 0 unspecified atom stereocenters. The predicted octanol–water partition coefficient (Wildman–Crippen LogP) is 6.12. The Morgan fingerprint density at radius 2 is 1.67 bits per heavy atom. The van der Waals surface area contributed by atoms with E-state index in [-0.39, 0.29) is 30.0 Å². The highest BCUT2D eigenvalue weighted by molar-refractivity contribution is 6.25. The molecule has 2 aromatic carbocycles. The molecule has 0 heterocycles. The summed E-state index contributed by atoms with van der Waals surface area (Å²) >= 11 is 0. The van der Waals surface area contributed by atoms with Crippen molar-refractivity contribution in [2.75, 3.05) is 6.61 Å². The Kier molecular flexibility index (Phi) is 7.62. The molecule has 2 aromatic rings. The van der Waals surface area contributed by atoms with Crippen LogP contribution in [0.3, 0.4) is 0 Å². The minimum Gasteiger partial charge on any atom is -0.508 e. The van der Waals surface area contributed by atoms with Gasteiger partial charge in [0.15, 0.2) is 17.2 Å². The first-order chi connectivity index (χ1) is 20.2. The highest BCUT2D eigenvalue weighted by Gasteiger charge is 2.67. The van der Waals surface area contributed by atoms with Crippen LogP contribution in [-0.4, -0.2) is 45.7 Å². The van der Waals surface area contributed by atoms with Gasteiger partial charge in [-0.3, -0.25) is 19.2 Å². The van der Waals surface area contributed by atoms with Gasteiger partial charge in [-0.2, -0.15) is 0 Å². The number of hydrogen-bond donors (Lipinski definition) is 2. The molecule has 0 aromatic heterocycles. The van der Waals surface area contributed by atoms with E-state index in [1.165, 1.54) is 6.92 Å². The van der Waals surface area contributed by atoms with Crippen molar-refractivity contribution < 1.29 is 34.1 Å². The van der Waals surface area contributed by atoms with E-state index in [0.717, 1.165) is 34.2 Å². The van der Waals surface area contributed by atoms with Crippen LogP contribution in [0, 0.1) is 17.8 Å². The van der Waals surface area contributed by atoms with Crippen LogP contribution >= 0.6 is 0 Å². The number of aryl methyl sites for hydroxylation is 2. The van der Waals surface area contributed by atoms with E-state index in [1.807, 2.05) is 50.2 Å². The fourth-order valence-corrected chi connectivity index (χ4v) is 8.01. The Bertz CT molecular complexity index is 1630. The van der Waals surface area contributed by atoms with Crippen molar-refractivity contribution in [3.05, 3.63) is 81.1 Å². The van der Waals surface area contributed by atoms with Gasteiger partial charge in [-0.25, -0.2) is 0 Å². The summed E-state index contributed by atoms with van der Waals surface area (Å²) in [5, 5.41) is 23.7. The lowest BCUT2D eigenvalue weighted by atomic mass is 9.47. The van der Waals surface area contributed by atoms with Gasteiger partial charge in [0, 0.05) is 28.4 Å². The summed E-state index contributed by atoms with van der Waals surface area (Å²) in [5.74, 6) is -2.50. The van der Waals surface area contributed by atoms with Crippen molar-refractivity contribution in [1.82, 2.24) is 0 Å². The summed E-state index contributed by atoms with van der Waals surface area (Å²) in [7, 11) is 0. The molecular formula is C36H40O7. The summed E-state index contributed by atoms with van der Waals surface area (Å²) < 4.78 is 5.01. The maximum absolute atomic E-state index is 14.3. The molecule has 0 amide bonds. The molecule has 0 saturated heterocycles. The Morgan fingerprint density at radius 1 is 1.00 bits per heavy atom. The van der Waals surface area contributed by atoms with E-state index in [4.69, 9.17) is 4.74 Å². The summed E-state index contributed by atoms with van der Waals surface area (Å²) in [6, 6.07) is 12.0. The van der Waals surface area contributed by atoms with Gasteiger partial charge in [0.2, 0.25) is 5.78 Å². The van der Waals surface area contributed by atoms with E-state index >= 15 is 0 Å². The van der Waals surface area contributed by atoms with Gasteiger partial charge in [-0.05, 0) is 87.6 Å². The third-order valence-electron chi connectivity index (χ3n) is 9.79. The maximum Gasteiger partial charge on any atom is 0.305 e. The summed E-state index contributed by atoms with van der Waals surface area (Å²) in [6.07, 6.45) is 2.77. The molecule has 2 N–H and O–H groups in total. The smallest absolute Gasteiger partial charge is 0.305 e. The summed E-state index contributed by atoms with van der Waals surface area (Å²) in [6.45, 7) is 10.7. The zero-order valence-corrected chi connectivity index (χ0v) is 25.8. The molecular weight excluding hydrogens is 544 g/mol. The highest BCUT2D eigenvalue weighted by atomic mass is 16.5. The van der Waals surface area contributed by atoms with Gasteiger partial charge in [0.1, 0.15) is 5.76 Å². The molecule has 3 aliphatic carbocycles. The second-order valence-corrected chi connectivity index (χ2v) is 13.1. The molecule has 43 heavy (non-hydrogen) atoms. The first-order valence-electron chi connectivity index (χ1n) is 15.0. The standard InChI is InChI=1S/C36H40O7/c1-7-43-27(38)10-8-9-23-12-14-24(15-13-23)25-16-11-20(2)29-26(25)18-34(5)19-35(6)17-21(3)28(22(4)37)32(40)36(35,42)33(41)30(34)31(29)39/h11-16,41-42H,7-10,17-19H2,1-6H3/t34-,35+,36+/m1/s1. The molecule has 7 nitrogen and oxygen atoms in total. The number of carbonyl (C=O) groups excluding carboxylic acids is 4. The molecule has 0 radical (unpaired) electrons. The number of hydrogen-bond acceptors (Lipinski definition) is 7. The fourth-order valence-electron chi connectivity index (χ4n) is 8.01. The lowest BCUT2D eigenvalue weighted by Gasteiger charge is -2.56. The first-order valence-corrected chi connectivity index (χ1v) is 15.0. The monoisotopic (exact) mass is 584 g/mol. The van der Waals surface area contributed by atoms with Gasteiger partial charge in [0.05, 0.1) is 12.2 Å². The minimum absolute atomic E-state index is 0.0629. The number of allylic oxidation sites excluding steroid dienone is 2. The molecule has 5 rings (SSSR count). The van der Waals surface area contributed by atoms with E-state index in [2.05, 4.69) is 0 Å². The molecule has 0 fully saturated rings. The summed E-state index contributed by atoms with van der Waals surface area (Å²) in [4.78, 5) is 52.1. The van der Waals surface area contributed by atoms with Crippen LogP contribution in [-0.2, 0) is 32.0 Å². The van der Waals surface area contributed by atoms with Gasteiger partial charge < -0.3 is 14.9 Å². The van der Waals surface area contributed by atoms with Crippen molar-refractivity contribution in [2.24, 2.45) is 10.8 Å². The Hall–Kier alpha value is -3.84. The van der Waals surface area contributed by atoms with E-state index in [0.29, 0.717) is 37.0 Å². The van der Waals surface area contributed by atoms with Crippen LogP contribution in [0.4, 0.5) is 0 Å². The Labute approximate surface area is 252 Å². The fraction of sp³-hybridized carbons (Fsp3) is 0.444. The molecule has 0 bridgehead atoms. The normalized spacial score (nSPS) is 26.6. The van der Waals surface area contributed by atoms with Gasteiger partial charge in [-0.1, -0.05) is 55.8 Å². The number of carbonyl (C=O) groups is 4. The zero-order chi connectivity index (χ0) is 31.5. The number of Topliss-reactive ketones (excluding diaryl/α,β-unsaturated/α-hetero) is 3. The quantitative estimate of drug-likeness (QED) is 0.297. The van der Waals surface area contributed by atoms with Crippen molar-refractivity contribution in [1.29, 1.82) is 0 Å². The average Bonchev–Trinajstić information content (AvgIpc) is 2.91. The number of fused-ring (bicyclic) bond motifs is 3. The lowest BCUT2D eigenvalue weighted by Crippen LogP contribution is -2.63. The van der Waals surface area contributed by atoms with Crippen molar-refractivity contribution >= 4 is 23.3 Å². The van der Waals surface area contributed by atoms with Crippen molar-refractivity contribution in [3.63, 3.8) is 0 Å². The molecule has 3 aliphatic rings. The van der Waals surface area contributed by atoms with Crippen LogP contribution in [0.5, 0.6) is 0 Å². The SMILES string of the molecule is CCOC(=O)CCCc1ccc(-c2ccc(C)c3c2C[C@]2(C)C[C@]4(C)CC(C)=C(C(C)=O)C(=O)[C@]4(O)C(O)=C2C3=O)cc1. The van der Waals surface area contributed by atoms with E-state index in [9.17, 15) is 29.4 Å². The highest BCUT2D eigenvalue weighted by Crippen LogP contribution is 2.62. The molecule has 0 aliphatic heterocycles. The third kappa shape index (κ3) is 4.69. The van der Waals surface area contributed by atoms with Crippen LogP contribution in [0.1, 0.15) is 87.4 Å². The molecule has 0 spiro atoms. The number of ketones is 3. The Balaban J connectivity index is 1.55. The number of aliphatic hydroxyl groups excluding tert-OH is 1. The maximum atomic E-state index is 14.3. The van der Waals surface area contributed by atoms with Crippen molar-refractivity contribution in [2.45, 2.75) is 85.7 Å². The van der Waals surface area contributed by atoms with Crippen molar-refractivity contribution in [3.8, 4) is 11.1 Å². The van der Waals surface area contributed by atoms with E-state index < -0.39 is 39.5 Å². The molecule has 0 saturated carbocycles. The predicted molar refractivity (Wildman–Crippen MR) is 163 cm³/mol. The number of rotatable bonds is 7. The number of esters is 1. The number of benzene rings is 2. The molecule has 3 atom stereocenters. The molecule has 226 valence electrons. The lowest BCUT2D eigenvalue weighted by molar-refractivity contribution is -0.157. The molecule has 7 heteroatoms. The topological polar surface area (TPSA) is 118 Å². The van der Waals surface area contributed by atoms with Gasteiger partial charge in [0.25, 0.3) is 0 Å². The first kappa shape index (κ1) is 30.6. The van der Waals surface area contributed by atoms with E-state index in [1.54, 1.807) is 20.8 Å². The second kappa shape index (κ2) is 10.7. The Morgan fingerprint density at radius 3 is 2.30 bits per heavy atom. The van der Waals surface area contributed by atoms with Gasteiger partial charge in [-0.15, -0.1) is 0 Å². The van der Waals surface area contributed by atoms with Crippen LogP contribution in [0.15, 0.2) is 58.9 Å². The van der Waals surface area contributed by atoms with Crippen LogP contribution in [0.25, 0.3) is 11.1 Å². The average molecular weight is 585 g/mol. The number of aliphatic hydroxyl groups is 2. The summed E-state index contributed by atoms with van der Waals surface area (Å²) in [5.41, 5.74) is 1.32. The minimum atomic E-state index is -2.36. The zero-order valence-electron chi connectivity index (χ0n) is 25.8. The van der Waals surface area contributed by atoms with Crippen LogP contribution in [0.2, 0.25) is 0 Å².